The van der Waals surface area contributed by atoms with Gasteiger partial charge in [0.05, 0.1) is 21.2 Å². The summed E-state index contributed by atoms with van der Waals surface area (Å²) in [6.45, 7) is 0. The van der Waals surface area contributed by atoms with E-state index in [4.69, 9.17) is 23.2 Å². The molecule has 0 heterocycles. The molecule has 0 unspecified atom stereocenters. The Hall–Kier alpha value is -1.09. The van der Waals surface area contributed by atoms with Crippen molar-refractivity contribution in [3.8, 4) is 0 Å². The number of thioether (sulfide) groups is 1. The van der Waals surface area contributed by atoms with E-state index in [1.54, 1.807) is 18.4 Å². The Labute approximate surface area is 151 Å². The maximum Gasteiger partial charge on any atom is 0.417 e. The Bertz CT molecular complexity index is 871. The molecule has 0 spiro atoms. The Balaban J connectivity index is 2.47. The molecule has 0 fully saturated rings. The van der Waals surface area contributed by atoms with Crippen molar-refractivity contribution in [2.24, 2.45) is 0 Å². The van der Waals surface area contributed by atoms with Crippen LogP contribution >= 0.6 is 35.0 Å². The second-order valence-corrected chi connectivity index (χ2v) is 7.96. The summed E-state index contributed by atoms with van der Waals surface area (Å²) in [4.78, 5) is 0.0271. The van der Waals surface area contributed by atoms with Crippen LogP contribution in [0.25, 0.3) is 0 Å². The van der Waals surface area contributed by atoms with Crippen molar-refractivity contribution in [3.05, 3.63) is 52.0 Å². The molecule has 0 amide bonds. The van der Waals surface area contributed by atoms with Crippen molar-refractivity contribution in [3.63, 3.8) is 0 Å². The highest BCUT2D eigenvalue weighted by Crippen LogP contribution is 2.36. The van der Waals surface area contributed by atoms with Gasteiger partial charge in [-0.2, -0.15) is 13.2 Å². The highest BCUT2D eigenvalue weighted by Gasteiger charge is 2.34. The molecular formula is C14H10Cl2F3NO2S2. The summed E-state index contributed by atoms with van der Waals surface area (Å²) >= 11 is 12.6. The van der Waals surface area contributed by atoms with E-state index in [9.17, 15) is 21.6 Å². The minimum absolute atomic E-state index is 0.179. The summed E-state index contributed by atoms with van der Waals surface area (Å²) in [6, 6.07) is 6.96. The van der Waals surface area contributed by atoms with Crippen LogP contribution in [0.15, 0.2) is 46.2 Å². The summed E-state index contributed by atoms with van der Waals surface area (Å²) in [5.41, 5.74) is -1.04. The predicted molar refractivity (Wildman–Crippen MR) is 90.5 cm³/mol. The third-order valence-corrected chi connectivity index (χ3v) is 5.68. The van der Waals surface area contributed by atoms with Crippen LogP contribution in [0.5, 0.6) is 0 Å². The summed E-state index contributed by atoms with van der Waals surface area (Å²) in [7, 11) is -4.24. The fourth-order valence-corrected chi connectivity index (χ4v) is 3.94. The number of rotatable bonds is 4. The van der Waals surface area contributed by atoms with E-state index in [1.807, 2.05) is 0 Å². The Morgan fingerprint density at radius 1 is 1.08 bits per heavy atom. The zero-order valence-electron chi connectivity index (χ0n) is 12.0. The molecular weight excluding hydrogens is 406 g/mol. The fourth-order valence-electron chi connectivity index (χ4n) is 1.85. The zero-order valence-corrected chi connectivity index (χ0v) is 15.1. The van der Waals surface area contributed by atoms with Crippen LogP contribution < -0.4 is 4.72 Å². The molecule has 0 aliphatic rings. The first-order chi connectivity index (χ1) is 11.0. The van der Waals surface area contributed by atoms with E-state index in [2.05, 4.69) is 4.72 Å². The average molecular weight is 416 g/mol. The van der Waals surface area contributed by atoms with Crippen molar-refractivity contribution < 1.29 is 21.6 Å². The van der Waals surface area contributed by atoms with Gasteiger partial charge < -0.3 is 0 Å². The maximum absolute atomic E-state index is 12.9. The lowest BCUT2D eigenvalue weighted by atomic mass is 10.2. The molecule has 1 N–H and O–H groups in total. The standard InChI is InChI=1S/C14H10Cl2F3NO2S2/c1-23-13-5-2-8(15)6-12(13)20-24(21,22)9-3-4-11(16)10(7-9)14(17,18)19/h2-7,20H,1H3. The van der Waals surface area contributed by atoms with E-state index >= 15 is 0 Å². The molecule has 24 heavy (non-hydrogen) atoms. The molecule has 3 nitrogen and oxygen atoms in total. The minimum atomic E-state index is -4.76. The van der Waals surface area contributed by atoms with Gasteiger partial charge in [0.1, 0.15) is 0 Å². The quantitative estimate of drug-likeness (QED) is 0.667. The van der Waals surface area contributed by atoms with Crippen molar-refractivity contribution in [2.45, 2.75) is 16.0 Å². The topological polar surface area (TPSA) is 46.2 Å². The highest BCUT2D eigenvalue weighted by molar-refractivity contribution is 7.99. The van der Waals surface area contributed by atoms with Gasteiger partial charge in [-0.3, -0.25) is 4.72 Å². The van der Waals surface area contributed by atoms with Gasteiger partial charge in [0.15, 0.2) is 0 Å². The van der Waals surface area contributed by atoms with Gasteiger partial charge in [-0.05, 0) is 42.7 Å². The maximum atomic E-state index is 12.9. The Kier molecular flexibility index (Phi) is 5.64. The molecule has 10 heteroatoms. The number of anilines is 1. The first kappa shape index (κ1) is 19.2. The van der Waals surface area contributed by atoms with Gasteiger partial charge in [-0.15, -0.1) is 11.8 Å². The molecule has 0 saturated heterocycles. The number of halogens is 5. The fraction of sp³-hybridized carbons (Fsp3) is 0.143. The van der Waals surface area contributed by atoms with Crippen LogP contribution in [0.1, 0.15) is 5.56 Å². The second kappa shape index (κ2) is 7.03. The zero-order chi connectivity index (χ0) is 18.1. The molecule has 0 aliphatic heterocycles. The van der Waals surface area contributed by atoms with Crippen molar-refractivity contribution in [1.82, 2.24) is 0 Å². The van der Waals surface area contributed by atoms with E-state index < -0.39 is 31.7 Å². The lowest BCUT2D eigenvalue weighted by molar-refractivity contribution is -0.137. The van der Waals surface area contributed by atoms with Gasteiger partial charge in [-0.25, -0.2) is 8.42 Å². The van der Waals surface area contributed by atoms with Crippen LogP contribution in [0, 0.1) is 0 Å². The molecule has 0 atom stereocenters. The van der Waals surface area contributed by atoms with E-state index in [0.29, 0.717) is 11.0 Å². The summed E-state index contributed by atoms with van der Waals surface area (Å²) < 4.78 is 65.7. The van der Waals surface area contributed by atoms with E-state index in [-0.39, 0.29) is 10.7 Å². The van der Waals surface area contributed by atoms with Crippen molar-refractivity contribution in [1.29, 1.82) is 0 Å². The van der Waals surface area contributed by atoms with Gasteiger partial charge in [0.2, 0.25) is 0 Å². The summed E-state index contributed by atoms with van der Waals surface area (Å²) in [5, 5.41) is -0.286. The van der Waals surface area contributed by atoms with Crippen LogP contribution in [0.4, 0.5) is 18.9 Å². The lowest BCUT2D eigenvalue weighted by Gasteiger charge is -2.14. The highest BCUT2D eigenvalue weighted by atomic mass is 35.5. The molecule has 0 bridgehead atoms. The number of sulfonamides is 1. The van der Waals surface area contributed by atoms with Crippen LogP contribution in [0.3, 0.4) is 0 Å². The molecule has 2 aromatic carbocycles. The number of hydrogen-bond donors (Lipinski definition) is 1. The van der Waals surface area contributed by atoms with Crippen LogP contribution in [-0.4, -0.2) is 14.7 Å². The smallest absolute Gasteiger partial charge is 0.278 e. The molecule has 0 aromatic heterocycles. The first-order valence-electron chi connectivity index (χ1n) is 6.27. The van der Waals surface area contributed by atoms with Crippen molar-refractivity contribution >= 4 is 50.7 Å². The Morgan fingerprint density at radius 2 is 1.75 bits per heavy atom. The molecule has 0 saturated carbocycles. The number of alkyl halides is 3. The summed E-state index contributed by atoms with van der Waals surface area (Å²) in [6.07, 6.45) is -3.03. The van der Waals surface area contributed by atoms with Crippen LogP contribution in [-0.2, 0) is 16.2 Å². The lowest BCUT2D eigenvalue weighted by Crippen LogP contribution is -2.15. The van der Waals surface area contributed by atoms with Gasteiger partial charge >= 0.3 is 6.18 Å². The second-order valence-electron chi connectivity index (χ2n) is 4.59. The van der Waals surface area contributed by atoms with Crippen LogP contribution in [0.2, 0.25) is 10.0 Å². The normalized spacial score (nSPS) is 12.2. The molecule has 0 radical (unpaired) electrons. The number of nitrogens with one attached hydrogen (secondary N) is 1. The molecule has 2 rings (SSSR count). The van der Waals surface area contributed by atoms with Crippen molar-refractivity contribution in [2.75, 3.05) is 11.0 Å². The average Bonchev–Trinajstić information content (AvgIpc) is 2.46. The number of benzene rings is 2. The molecule has 2 aromatic rings. The third kappa shape index (κ3) is 4.30. The monoisotopic (exact) mass is 415 g/mol. The van der Waals surface area contributed by atoms with Gasteiger partial charge in [0, 0.05) is 9.92 Å². The minimum Gasteiger partial charge on any atom is -0.278 e. The van der Waals surface area contributed by atoms with Gasteiger partial charge in [0.25, 0.3) is 10.0 Å². The van der Waals surface area contributed by atoms with E-state index in [1.165, 1.54) is 17.8 Å². The Morgan fingerprint density at radius 3 is 2.33 bits per heavy atom. The summed E-state index contributed by atoms with van der Waals surface area (Å²) in [5.74, 6) is 0. The predicted octanol–water partition coefficient (Wildman–Crippen LogP) is 5.53. The van der Waals surface area contributed by atoms with Gasteiger partial charge in [-0.1, -0.05) is 23.2 Å². The SMILES string of the molecule is CSc1ccc(Cl)cc1NS(=O)(=O)c1ccc(Cl)c(C(F)(F)F)c1. The molecule has 130 valence electrons. The first-order valence-corrected chi connectivity index (χ1v) is 9.74. The largest absolute Gasteiger partial charge is 0.417 e. The molecule has 0 aliphatic carbocycles. The number of hydrogen-bond acceptors (Lipinski definition) is 3. The van der Waals surface area contributed by atoms with E-state index in [0.717, 1.165) is 12.1 Å². The third-order valence-electron chi connectivity index (χ3n) is 2.96.